The van der Waals surface area contributed by atoms with Crippen LogP contribution in [0.25, 0.3) is 0 Å². The molecule has 0 unspecified atom stereocenters. The van der Waals surface area contributed by atoms with Crippen molar-refractivity contribution in [2.24, 2.45) is 0 Å². The third-order valence-corrected chi connectivity index (χ3v) is 0. The Kier molecular flexibility index (Phi) is 56.8. The molecule has 7 heavy (non-hydrogen) atoms. The molecule has 0 saturated carbocycles. The molecule has 3 N–H and O–H groups in total. The zero-order valence-electron chi connectivity index (χ0n) is 3.25. The Balaban J connectivity index is -0.0000000150. The van der Waals surface area contributed by atoms with Gasteiger partial charge < -0.3 is 15.7 Å². The van der Waals surface area contributed by atoms with Crippen molar-refractivity contribution in [3.05, 3.63) is 0 Å². The van der Waals surface area contributed by atoms with Crippen molar-refractivity contribution in [2.45, 2.75) is 0 Å². The first-order valence-corrected chi connectivity index (χ1v) is 0.651. The van der Waals surface area contributed by atoms with Gasteiger partial charge in [0, 0.05) is 0 Å². The maximum absolute atomic E-state index is 8.56. The zero-order valence-corrected chi connectivity index (χ0v) is 5.25. The van der Waals surface area contributed by atoms with Crippen molar-refractivity contribution in [3.63, 3.8) is 0 Å². The number of carboxylic acid groups (broad SMARTS) is 2. The molecule has 0 aromatic heterocycles. The van der Waals surface area contributed by atoms with Crippen molar-refractivity contribution in [1.29, 1.82) is 0 Å². The van der Waals surface area contributed by atoms with Gasteiger partial charge in [0.05, 0.1) is 0 Å². The van der Waals surface area contributed by atoms with Crippen LogP contribution >= 0.6 is 0 Å². The number of hydrogen-bond donors (Lipinski definition) is 2. The van der Waals surface area contributed by atoms with E-state index in [9.17, 15) is 0 Å². The van der Waals surface area contributed by atoms with Crippen LogP contribution in [0.2, 0.25) is 0 Å². The van der Waals surface area contributed by atoms with Crippen molar-refractivity contribution in [2.75, 3.05) is 0 Å². The fraction of sp³-hybridized carbons (Fsp3) is 0. The van der Waals surface area contributed by atoms with Gasteiger partial charge >= 0.3 is 35.7 Å². The smallest absolute Gasteiger partial charge is 0.870 e. The summed E-state index contributed by atoms with van der Waals surface area (Å²) >= 11 is 0. The van der Waals surface area contributed by atoms with E-state index in [0.717, 1.165) is 0 Å². The van der Waals surface area contributed by atoms with Crippen molar-refractivity contribution >= 4 is 23.5 Å². The molecule has 0 aliphatic rings. The van der Waals surface area contributed by atoms with Crippen LogP contribution in [0.15, 0.2) is 0 Å². The van der Waals surface area contributed by atoms with Crippen molar-refractivity contribution in [1.82, 2.24) is 0 Å². The van der Waals surface area contributed by atoms with E-state index in [-0.39, 0.29) is 52.4 Å². The van der Waals surface area contributed by atoms with Gasteiger partial charge in [0.1, 0.15) is 0 Å². The molecule has 0 atom stereocenters. The third-order valence-electron chi connectivity index (χ3n) is 0. The molecule has 0 spiro atoms. The Hall–Kier alpha value is 0.762. The van der Waals surface area contributed by atoms with E-state index in [1.807, 2.05) is 0 Å². The van der Waals surface area contributed by atoms with Crippen LogP contribution in [0.3, 0.4) is 0 Å². The van der Waals surface area contributed by atoms with E-state index in [1.54, 1.807) is 0 Å². The molecule has 0 aromatic carbocycles. The Labute approximate surface area is 73.3 Å². The van der Waals surface area contributed by atoms with Crippen LogP contribution in [0, 0.1) is 0 Å². The fourth-order valence-electron chi connectivity index (χ4n) is 0. The second-order valence-corrected chi connectivity index (χ2v) is 0.283. The third kappa shape index (κ3) is 264. The summed E-state index contributed by atoms with van der Waals surface area (Å²) in [6, 6.07) is 0. The predicted octanol–water partition coefficient (Wildman–Crippen LogP) is -4.13. The van der Waals surface area contributed by atoms with Gasteiger partial charge in [-0.15, -0.1) is 0 Å². The molecule has 0 aliphatic heterocycles. The summed E-state index contributed by atoms with van der Waals surface area (Å²) in [5.41, 5.74) is 0. The summed E-state index contributed by atoms with van der Waals surface area (Å²) in [7, 11) is 0. The first-order valence-electron chi connectivity index (χ1n) is 0.651. The minimum atomic E-state index is -1.83. The van der Waals surface area contributed by atoms with Gasteiger partial charge in [-0.3, -0.25) is 0 Å². The largest absolute Gasteiger partial charge is 1.00 e. The van der Waals surface area contributed by atoms with Gasteiger partial charge in [-0.05, 0) is 0 Å². The average molecular weight is 132 g/mol. The van der Waals surface area contributed by atoms with Crippen molar-refractivity contribution < 1.29 is 50.0 Å². The Bertz CT molecular complexity index is 34.7. The summed E-state index contributed by atoms with van der Waals surface area (Å²) in [5.74, 6) is 0. The number of hydrogen-bond acceptors (Lipinski definition) is 2. The SMILES string of the molecule is O=C(O)O.[AlH3].[Na+].[OH-]. The molecule has 38 valence electrons. The quantitative estimate of drug-likeness (QED) is 0.327. The van der Waals surface area contributed by atoms with Crippen LogP contribution < -0.4 is 29.6 Å². The minimum Gasteiger partial charge on any atom is -0.870 e. The first kappa shape index (κ1) is 25.1. The van der Waals surface area contributed by atoms with Gasteiger partial charge in [0.2, 0.25) is 0 Å². The topological polar surface area (TPSA) is 87.5 Å². The molecule has 0 amide bonds. The minimum absolute atomic E-state index is 0. The molecule has 0 saturated heterocycles. The summed E-state index contributed by atoms with van der Waals surface area (Å²) < 4.78 is 0. The average Bonchev–Trinajstić information content (AvgIpc) is 0.811. The van der Waals surface area contributed by atoms with E-state index >= 15 is 0 Å². The second kappa shape index (κ2) is 15.9. The Morgan fingerprint density at radius 1 is 1.29 bits per heavy atom. The molecular formula is CH6AlNaO4. The Morgan fingerprint density at radius 2 is 1.29 bits per heavy atom. The van der Waals surface area contributed by atoms with Crippen LogP contribution in [-0.2, 0) is 0 Å². The molecule has 0 heterocycles. The molecule has 0 bridgehead atoms. The molecule has 4 nitrogen and oxygen atoms in total. The fourth-order valence-corrected chi connectivity index (χ4v) is 0. The second-order valence-electron chi connectivity index (χ2n) is 0.283. The van der Waals surface area contributed by atoms with Crippen LogP contribution in [-0.4, -0.2) is 39.2 Å². The molecule has 0 aliphatic carbocycles. The molecule has 0 aromatic rings. The van der Waals surface area contributed by atoms with E-state index < -0.39 is 6.16 Å². The van der Waals surface area contributed by atoms with Crippen molar-refractivity contribution in [3.8, 4) is 0 Å². The Morgan fingerprint density at radius 3 is 1.29 bits per heavy atom. The van der Waals surface area contributed by atoms with Gasteiger partial charge in [0.25, 0.3) is 0 Å². The number of rotatable bonds is 0. The molecule has 0 rings (SSSR count). The zero-order chi connectivity index (χ0) is 3.58. The van der Waals surface area contributed by atoms with E-state index in [0.29, 0.717) is 0 Å². The maximum Gasteiger partial charge on any atom is 1.00 e. The van der Waals surface area contributed by atoms with E-state index in [4.69, 9.17) is 15.0 Å². The van der Waals surface area contributed by atoms with E-state index in [1.165, 1.54) is 0 Å². The predicted molar refractivity (Wildman–Crippen MR) is 22.5 cm³/mol. The summed E-state index contributed by atoms with van der Waals surface area (Å²) in [6.07, 6.45) is -1.83. The van der Waals surface area contributed by atoms with Gasteiger partial charge in [-0.25, -0.2) is 4.79 Å². The van der Waals surface area contributed by atoms with Crippen LogP contribution in [0.1, 0.15) is 0 Å². The summed E-state index contributed by atoms with van der Waals surface area (Å²) in [5, 5.41) is 13.9. The van der Waals surface area contributed by atoms with Gasteiger partial charge in [-0.1, -0.05) is 0 Å². The maximum atomic E-state index is 8.56. The summed E-state index contributed by atoms with van der Waals surface area (Å²) in [6.45, 7) is 0. The molecule has 0 radical (unpaired) electrons. The molecule has 6 heteroatoms. The molecular weight excluding hydrogens is 126 g/mol. The first-order chi connectivity index (χ1) is 1.73. The van der Waals surface area contributed by atoms with Crippen LogP contribution in [0.4, 0.5) is 4.79 Å². The van der Waals surface area contributed by atoms with Gasteiger partial charge in [0.15, 0.2) is 17.4 Å². The normalized spacial score (nSPS) is 3.43. The standard InChI is InChI=1S/CH2O3.Al.Na.H2O.3H/c2-1(3)4;;;;;;/h(H2,2,3,4);;;1H2;;;/q;;+1;;;;/p-1. The number of carbonyl (C=O) groups is 1. The molecule has 0 fully saturated rings. The van der Waals surface area contributed by atoms with E-state index in [2.05, 4.69) is 0 Å². The van der Waals surface area contributed by atoms with Crippen LogP contribution in [0.5, 0.6) is 0 Å². The summed E-state index contributed by atoms with van der Waals surface area (Å²) in [4.78, 5) is 8.56. The van der Waals surface area contributed by atoms with Gasteiger partial charge in [-0.2, -0.15) is 0 Å². The monoisotopic (exact) mass is 132 g/mol.